The summed E-state index contributed by atoms with van der Waals surface area (Å²) >= 11 is 0. The first-order valence-electron chi connectivity index (χ1n) is 4.91. The summed E-state index contributed by atoms with van der Waals surface area (Å²) in [6, 6.07) is 3.86. The van der Waals surface area contributed by atoms with Gasteiger partial charge in [0.2, 0.25) is 6.08 Å². The van der Waals surface area contributed by atoms with Crippen LogP contribution in [0.5, 0.6) is 0 Å². The summed E-state index contributed by atoms with van der Waals surface area (Å²) in [6.45, 7) is 0. The van der Waals surface area contributed by atoms with Gasteiger partial charge in [0.15, 0.2) is 0 Å². The third kappa shape index (κ3) is 1.64. The number of hydrogen-bond acceptors (Lipinski definition) is 4. The summed E-state index contributed by atoms with van der Waals surface area (Å²) < 4.78 is 0. The number of carbonyl (C=O) groups excluding carboxylic acids is 1. The summed E-state index contributed by atoms with van der Waals surface area (Å²) in [5, 5.41) is 0. The highest BCUT2D eigenvalue weighted by Gasteiger charge is 2.46. The van der Waals surface area contributed by atoms with E-state index in [4.69, 9.17) is 0 Å². The van der Waals surface area contributed by atoms with E-state index in [1.807, 2.05) is 31.1 Å². The molecule has 1 heterocycles. The molecule has 4 nitrogen and oxygen atoms in total. The molecule has 1 saturated carbocycles. The molecule has 0 N–H and O–H groups in total. The van der Waals surface area contributed by atoms with Crippen molar-refractivity contribution in [3.8, 4) is 0 Å². The van der Waals surface area contributed by atoms with Crippen molar-refractivity contribution in [1.82, 2.24) is 4.98 Å². The summed E-state index contributed by atoms with van der Waals surface area (Å²) in [5.74, 6) is 0.883. The molecule has 1 aliphatic rings. The van der Waals surface area contributed by atoms with Crippen LogP contribution in [0.3, 0.4) is 0 Å². The molecular formula is C11H13N3O. The normalized spacial score (nSPS) is 16.7. The quantitative estimate of drug-likeness (QED) is 0.552. The molecule has 0 radical (unpaired) electrons. The van der Waals surface area contributed by atoms with Crippen LogP contribution < -0.4 is 4.90 Å². The Balaban J connectivity index is 2.48. The van der Waals surface area contributed by atoms with Crippen LogP contribution in [0.2, 0.25) is 0 Å². The first-order chi connectivity index (χ1) is 7.19. The van der Waals surface area contributed by atoms with E-state index in [1.165, 1.54) is 0 Å². The van der Waals surface area contributed by atoms with Gasteiger partial charge in [0.25, 0.3) is 0 Å². The first-order valence-corrected chi connectivity index (χ1v) is 4.91. The molecule has 78 valence electrons. The van der Waals surface area contributed by atoms with E-state index in [1.54, 1.807) is 12.3 Å². The fourth-order valence-corrected chi connectivity index (χ4v) is 1.76. The van der Waals surface area contributed by atoms with E-state index >= 15 is 0 Å². The lowest BCUT2D eigenvalue weighted by Gasteiger charge is -2.18. The molecule has 0 aromatic carbocycles. The van der Waals surface area contributed by atoms with Gasteiger partial charge in [0, 0.05) is 25.9 Å². The largest absolute Gasteiger partial charge is 0.362 e. The van der Waals surface area contributed by atoms with Crippen LogP contribution in [0.1, 0.15) is 18.4 Å². The first kappa shape index (κ1) is 9.87. The Kier molecular flexibility index (Phi) is 2.29. The molecule has 0 aliphatic heterocycles. The molecule has 0 spiro atoms. The fraction of sp³-hybridized carbons (Fsp3) is 0.455. The van der Waals surface area contributed by atoms with Gasteiger partial charge in [-0.1, -0.05) is 6.07 Å². The summed E-state index contributed by atoms with van der Waals surface area (Å²) in [4.78, 5) is 20.5. The minimum absolute atomic E-state index is 0.338. The Bertz CT molecular complexity index is 418. The molecule has 0 saturated heterocycles. The number of anilines is 1. The van der Waals surface area contributed by atoms with Gasteiger partial charge in [-0.3, -0.25) is 0 Å². The van der Waals surface area contributed by atoms with Crippen LogP contribution in [-0.4, -0.2) is 25.2 Å². The molecule has 4 heteroatoms. The maximum absolute atomic E-state index is 10.4. The molecule has 15 heavy (non-hydrogen) atoms. The number of hydrogen-bond donors (Lipinski definition) is 0. The molecule has 1 fully saturated rings. The van der Waals surface area contributed by atoms with E-state index in [0.717, 1.165) is 24.2 Å². The standard InChI is InChI=1S/C11H13N3O/c1-14(2)10-9(4-3-7-12-10)11(5-6-11)13-8-15/h3-4,7H,5-6H2,1-2H3. The van der Waals surface area contributed by atoms with Crippen LogP contribution in [0.15, 0.2) is 23.3 Å². The third-order valence-corrected chi connectivity index (χ3v) is 2.69. The molecule has 1 aromatic rings. The van der Waals surface area contributed by atoms with Crippen molar-refractivity contribution in [3.63, 3.8) is 0 Å². The number of isocyanates is 1. The van der Waals surface area contributed by atoms with Gasteiger partial charge in [-0.15, -0.1) is 0 Å². The molecule has 1 aliphatic carbocycles. The Morgan fingerprint density at radius 1 is 1.53 bits per heavy atom. The second-order valence-electron chi connectivity index (χ2n) is 4.00. The summed E-state index contributed by atoms with van der Waals surface area (Å²) in [5.41, 5.74) is 0.689. The number of aromatic nitrogens is 1. The number of aliphatic imine (C=N–C) groups is 1. The number of rotatable bonds is 3. The van der Waals surface area contributed by atoms with Gasteiger partial charge in [-0.05, 0) is 18.9 Å². The van der Waals surface area contributed by atoms with E-state index in [9.17, 15) is 4.79 Å². The predicted molar refractivity (Wildman–Crippen MR) is 57.6 cm³/mol. The van der Waals surface area contributed by atoms with Crippen LogP contribution in [0.4, 0.5) is 5.82 Å². The SMILES string of the molecule is CN(C)c1ncccc1C1(N=C=O)CC1. The second kappa shape index (κ2) is 3.48. The van der Waals surface area contributed by atoms with Gasteiger partial charge >= 0.3 is 0 Å². The van der Waals surface area contributed by atoms with E-state index in [0.29, 0.717) is 0 Å². The molecule has 0 unspecified atom stereocenters. The van der Waals surface area contributed by atoms with Gasteiger partial charge < -0.3 is 4.90 Å². The maximum Gasteiger partial charge on any atom is 0.235 e. The van der Waals surface area contributed by atoms with Gasteiger partial charge in [-0.25, -0.2) is 9.78 Å². The van der Waals surface area contributed by atoms with Crippen molar-refractivity contribution in [2.24, 2.45) is 4.99 Å². The van der Waals surface area contributed by atoms with Crippen molar-refractivity contribution in [3.05, 3.63) is 23.9 Å². The summed E-state index contributed by atoms with van der Waals surface area (Å²) in [7, 11) is 3.87. The average molecular weight is 203 g/mol. The number of pyridine rings is 1. The molecule has 0 bridgehead atoms. The predicted octanol–water partition coefficient (Wildman–Crippen LogP) is 1.47. The van der Waals surface area contributed by atoms with Crippen LogP contribution >= 0.6 is 0 Å². The van der Waals surface area contributed by atoms with E-state index in [2.05, 4.69) is 9.98 Å². The van der Waals surface area contributed by atoms with Gasteiger partial charge in [0.05, 0.1) is 0 Å². The minimum atomic E-state index is -0.338. The molecule has 1 aromatic heterocycles. The summed E-state index contributed by atoms with van der Waals surface area (Å²) in [6.07, 6.45) is 5.24. The van der Waals surface area contributed by atoms with Crippen molar-refractivity contribution in [2.45, 2.75) is 18.4 Å². The fourth-order valence-electron chi connectivity index (χ4n) is 1.76. The monoisotopic (exact) mass is 203 g/mol. The maximum atomic E-state index is 10.4. The van der Waals surface area contributed by atoms with Crippen molar-refractivity contribution in [1.29, 1.82) is 0 Å². The second-order valence-corrected chi connectivity index (χ2v) is 4.00. The Hall–Kier alpha value is -1.67. The average Bonchev–Trinajstić information content (AvgIpc) is 2.99. The van der Waals surface area contributed by atoms with Gasteiger partial charge in [0.1, 0.15) is 11.4 Å². The third-order valence-electron chi connectivity index (χ3n) is 2.69. The van der Waals surface area contributed by atoms with Crippen LogP contribution in [0.25, 0.3) is 0 Å². The lowest BCUT2D eigenvalue weighted by molar-refractivity contribution is 0.556. The van der Waals surface area contributed by atoms with Crippen molar-refractivity contribution in [2.75, 3.05) is 19.0 Å². The highest BCUT2D eigenvalue weighted by molar-refractivity contribution is 5.53. The van der Waals surface area contributed by atoms with Crippen molar-refractivity contribution >= 4 is 11.9 Å². The Morgan fingerprint density at radius 2 is 2.27 bits per heavy atom. The topological polar surface area (TPSA) is 45.6 Å². The lowest BCUT2D eigenvalue weighted by Crippen LogP contribution is -2.16. The van der Waals surface area contributed by atoms with Crippen molar-refractivity contribution < 1.29 is 4.79 Å². The van der Waals surface area contributed by atoms with E-state index < -0.39 is 0 Å². The van der Waals surface area contributed by atoms with Gasteiger partial charge in [-0.2, -0.15) is 4.99 Å². The smallest absolute Gasteiger partial charge is 0.235 e. The number of nitrogens with zero attached hydrogens (tertiary/aromatic N) is 3. The molecule has 0 atom stereocenters. The molecular weight excluding hydrogens is 190 g/mol. The zero-order chi connectivity index (χ0) is 10.9. The molecule has 0 amide bonds. The Morgan fingerprint density at radius 3 is 2.80 bits per heavy atom. The zero-order valence-corrected chi connectivity index (χ0v) is 8.90. The van der Waals surface area contributed by atoms with Crippen LogP contribution in [-0.2, 0) is 10.3 Å². The van der Waals surface area contributed by atoms with Crippen LogP contribution in [0, 0.1) is 0 Å². The zero-order valence-electron chi connectivity index (χ0n) is 8.90. The minimum Gasteiger partial charge on any atom is -0.362 e. The highest BCUT2D eigenvalue weighted by Crippen LogP contribution is 2.51. The highest BCUT2D eigenvalue weighted by atomic mass is 16.1. The Labute approximate surface area is 88.7 Å². The lowest BCUT2D eigenvalue weighted by atomic mass is 10.1. The molecule has 2 rings (SSSR count). The van der Waals surface area contributed by atoms with E-state index in [-0.39, 0.29) is 5.54 Å².